The Bertz CT molecular complexity index is 596. The van der Waals surface area contributed by atoms with Crippen molar-refractivity contribution < 1.29 is 0 Å². The van der Waals surface area contributed by atoms with Crippen molar-refractivity contribution in [2.24, 2.45) is 0 Å². The summed E-state index contributed by atoms with van der Waals surface area (Å²) in [7, 11) is 0. The minimum absolute atomic E-state index is 0.284. The molecular formula is C15H17Br2ClN2. The first kappa shape index (κ1) is 16.1. The second-order valence-electron chi connectivity index (χ2n) is 4.77. The lowest BCUT2D eigenvalue weighted by Crippen LogP contribution is -2.10. The Morgan fingerprint density at radius 1 is 1.35 bits per heavy atom. The van der Waals surface area contributed by atoms with Crippen molar-refractivity contribution in [2.75, 3.05) is 5.88 Å². The zero-order chi connectivity index (χ0) is 14.7. The number of benzene rings is 1. The van der Waals surface area contributed by atoms with Crippen molar-refractivity contribution in [3.8, 4) is 0 Å². The molecule has 0 amide bonds. The largest absolute Gasteiger partial charge is 0.268 e. The molecule has 0 saturated heterocycles. The summed E-state index contributed by atoms with van der Waals surface area (Å²) in [6.07, 6.45) is 0.884. The number of alkyl halides is 1. The molecule has 0 aliphatic heterocycles. The maximum atomic E-state index is 6.20. The molecule has 5 heteroatoms. The highest BCUT2D eigenvalue weighted by molar-refractivity contribution is 9.10. The lowest BCUT2D eigenvalue weighted by molar-refractivity contribution is 0.594. The van der Waals surface area contributed by atoms with Crippen LogP contribution in [0, 0.1) is 6.92 Å². The Morgan fingerprint density at radius 3 is 2.70 bits per heavy atom. The molecular weight excluding hydrogens is 403 g/mol. The van der Waals surface area contributed by atoms with E-state index in [2.05, 4.69) is 66.8 Å². The Kier molecular flexibility index (Phi) is 5.70. The molecule has 108 valence electrons. The van der Waals surface area contributed by atoms with Gasteiger partial charge in [-0.2, -0.15) is 5.10 Å². The number of aromatic nitrogens is 2. The van der Waals surface area contributed by atoms with Crippen LogP contribution in [0.15, 0.2) is 33.2 Å². The van der Waals surface area contributed by atoms with E-state index in [-0.39, 0.29) is 5.92 Å². The summed E-state index contributed by atoms with van der Waals surface area (Å²) < 4.78 is 4.24. The number of rotatable bonds is 5. The van der Waals surface area contributed by atoms with Gasteiger partial charge in [-0.15, -0.1) is 11.6 Å². The molecule has 1 aromatic heterocycles. The molecule has 2 rings (SSSR count). The summed E-state index contributed by atoms with van der Waals surface area (Å²) in [5.41, 5.74) is 3.50. The van der Waals surface area contributed by atoms with Gasteiger partial charge in [0.1, 0.15) is 0 Å². The fraction of sp³-hybridized carbons (Fsp3) is 0.400. The van der Waals surface area contributed by atoms with E-state index < -0.39 is 0 Å². The van der Waals surface area contributed by atoms with E-state index in [0.29, 0.717) is 5.88 Å². The van der Waals surface area contributed by atoms with Crippen molar-refractivity contribution in [1.82, 2.24) is 9.78 Å². The van der Waals surface area contributed by atoms with E-state index in [1.165, 1.54) is 11.3 Å². The van der Waals surface area contributed by atoms with E-state index in [1.807, 2.05) is 13.0 Å². The Morgan fingerprint density at radius 2 is 2.10 bits per heavy atom. The summed E-state index contributed by atoms with van der Waals surface area (Å²) in [5.74, 6) is 0.878. The predicted molar refractivity (Wildman–Crippen MR) is 91.6 cm³/mol. The molecule has 0 aliphatic carbocycles. The number of halogens is 3. The zero-order valence-corrected chi connectivity index (χ0v) is 15.5. The third-order valence-electron chi connectivity index (χ3n) is 3.40. The first-order valence-corrected chi connectivity index (χ1v) is 8.72. The molecule has 0 radical (unpaired) electrons. The zero-order valence-electron chi connectivity index (χ0n) is 11.5. The Labute approximate surface area is 141 Å². The van der Waals surface area contributed by atoms with Crippen LogP contribution in [0.4, 0.5) is 0 Å². The second-order valence-corrected chi connectivity index (χ2v) is 6.79. The molecule has 2 nitrogen and oxygen atoms in total. The van der Waals surface area contributed by atoms with Gasteiger partial charge < -0.3 is 0 Å². The van der Waals surface area contributed by atoms with Crippen molar-refractivity contribution >= 4 is 43.5 Å². The summed E-state index contributed by atoms with van der Waals surface area (Å²) in [5, 5.41) is 4.54. The summed E-state index contributed by atoms with van der Waals surface area (Å²) >= 11 is 13.4. The lowest BCUT2D eigenvalue weighted by atomic mass is 9.96. The highest BCUT2D eigenvalue weighted by atomic mass is 79.9. The van der Waals surface area contributed by atoms with E-state index >= 15 is 0 Å². The molecule has 0 N–H and O–H groups in total. The smallest absolute Gasteiger partial charge is 0.0738 e. The predicted octanol–water partition coefficient (Wildman–Crippen LogP) is 5.30. The molecule has 1 heterocycles. The van der Waals surface area contributed by atoms with Gasteiger partial charge in [-0.25, -0.2) is 0 Å². The Hall–Kier alpha value is -0.320. The van der Waals surface area contributed by atoms with Gasteiger partial charge in [-0.1, -0.05) is 28.1 Å². The van der Waals surface area contributed by atoms with Crippen molar-refractivity contribution in [3.05, 3.63) is 50.2 Å². The molecule has 20 heavy (non-hydrogen) atoms. The maximum Gasteiger partial charge on any atom is 0.0738 e. The van der Waals surface area contributed by atoms with E-state index in [0.717, 1.165) is 27.6 Å². The molecule has 1 atom stereocenters. The summed E-state index contributed by atoms with van der Waals surface area (Å²) in [6.45, 7) is 5.00. The van der Waals surface area contributed by atoms with Gasteiger partial charge in [0.05, 0.1) is 15.9 Å². The van der Waals surface area contributed by atoms with Gasteiger partial charge in [-0.05, 0) is 53.9 Å². The van der Waals surface area contributed by atoms with Gasteiger partial charge in [0.2, 0.25) is 0 Å². The van der Waals surface area contributed by atoms with Crippen LogP contribution in [-0.2, 0) is 13.0 Å². The first-order chi connectivity index (χ1) is 9.56. The van der Waals surface area contributed by atoms with Crippen LogP contribution in [0.1, 0.15) is 29.8 Å². The molecule has 2 aromatic rings. The van der Waals surface area contributed by atoms with Gasteiger partial charge in [0.25, 0.3) is 0 Å². The van der Waals surface area contributed by atoms with E-state index in [1.54, 1.807) is 0 Å². The quantitative estimate of drug-likeness (QED) is 0.600. The van der Waals surface area contributed by atoms with Crippen LogP contribution in [0.3, 0.4) is 0 Å². The molecule has 1 aromatic carbocycles. The number of hydrogen-bond acceptors (Lipinski definition) is 1. The Balaban J connectivity index is 2.31. The van der Waals surface area contributed by atoms with Crippen molar-refractivity contribution in [3.63, 3.8) is 0 Å². The first-order valence-electron chi connectivity index (χ1n) is 6.60. The molecule has 0 aliphatic rings. The van der Waals surface area contributed by atoms with Crippen LogP contribution < -0.4 is 0 Å². The maximum absolute atomic E-state index is 6.20. The molecule has 0 fully saturated rings. The van der Waals surface area contributed by atoms with E-state index in [9.17, 15) is 0 Å². The van der Waals surface area contributed by atoms with Crippen molar-refractivity contribution in [1.29, 1.82) is 0 Å². The average Bonchev–Trinajstić information content (AvgIpc) is 2.71. The standard InChI is InChI=1S/C15H17Br2ClN2/c1-3-20-14(15(17)10(2)19-20)8-12(9-18)11-5-4-6-13(16)7-11/h4-7,12H,3,8-9H2,1-2H3. The highest BCUT2D eigenvalue weighted by Crippen LogP contribution is 2.29. The van der Waals surface area contributed by atoms with Crippen LogP contribution in [0.5, 0.6) is 0 Å². The number of aryl methyl sites for hydroxylation is 2. The van der Waals surface area contributed by atoms with Crippen molar-refractivity contribution in [2.45, 2.75) is 32.7 Å². The molecule has 0 saturated carbocycles. The van der Waals surface area contributed by atoms with Gasteiger partial charge in [0.15, 0.2) is 0 Å². The second kappa shape index (κ2) is 7.10. The molecule has 1 unspecified atom stereocenters. The molecule has 0 spiro atoms. The normalized spacial score (nSPS) is 12.7. The van der Waals surface area contributed by atoms with Crippen LogP contribution in [-0.4, -0.2) is 15.7 Å². The van der Waals surface area contributed by atoms with E-state index in [4.69, 9.17) is 11.6 Å². The number of nitrogens with zero attached hydrogens (tertiary/aromatic N) is 2. The summed E-state index contributed by atoms with van der Waals surface area (Å²) in [4.78, 5) is 0. The van der Waals surface area contributed by atoms with Crippen LogP contribution in [0.2, 0.25) is 0 Å². The minimum atomic E-state index is 0.284. The fourth-order valence-corrected chi connectivity index (χ4v) is 3.47. The number of hydrogen-bond donors (Lipinski definition) is 0. The van der Waals surface area contributed by atoms with Gasteiger partial charge in [-0.3, -0.25) is 4.68 Å². The molecule has 0 bridgehead atoms. The summed E-state index contributed by atoms with van der Waals surface area (Å²) in [6, 6.07) is 8.35. The lowest BCUT2D eigenvalue weighted by Gasteiger charge is -2.16. The topological polar surface area (TPSA) is 17.8 Å². The third kappa shape index (κ3) is 3.46. The average molecular weight is 421 g/mol. The fourth-order valence-electron chi connectivity index (χ4n) is 2.32. The van der Waals surface area contributed by atoms with Gasteiger partial charge >= 0.3 is 0 Å². The SMILES string of the molecule is CCn1nc(C)c(Br)c1CC(CCl)c1cccc(Br)c1. The van der Waals surface area contributed by atoms with Gasteiger partial charge in [0, 0.05) is 22.8 Å². The third-order valence-corrected chi connectivity index (χ3v) is 5.30. The monoisotopic (exact) mass is 418 g/mol. The minimum Gasteiger partial charge on any atom is -0.268 e. The highest BCUT2D eigenvalue weighted by Gasteiger charge is 2.18. The van der Waals surface area contributed by atoms with Crippen LogP contribution >= 0.6 is 43.5 Å². The van der Waals surface area contributed by atoms with Crippen LogP contribution in [0.25, 0.3) is 0 Å².